The lowest BCUT2D eigenvalue weighted by molar-refractivity contribution is 0.112. The summed E-state index contributed by atoms with van der Waals surface area (Å²) in [5, 5.41) is 0. The van der Waals surface area contributed by atoms with Gasteiger partial charge in [-0.25, -0.2) is 0 Å². The van der Waals surface area contributed by atoms with Crippen molar-refractivity contribution >= 4 is 28.9 Å². The Kier molecular flexibility index (Phi) is 4.63. The average Bonchev–Trinajstić information content (AvgIpc) is 2.42. The van der Waals surface area contributed by atoms with E-state index < -0.39 is 0 Å². The highest BCUT2D eigenvalue weighted by atomic mass is 127. The Balaban J connectivity index is 2.28. The first kappa shape index (κ1) is 13.4. The van der Waals surface area contributed by atoms with E-state index in [9.17, 15) is 4.79 Å². The third-order valence-corrected chi connectivity index (χ3v) is 3.67. The fourth-order valence-electron chi connectivity index (χ4n) is 1.95. The largest absolute Gasteiger partial charge is 0.493 e. The predicted octanol–water partition coefficient (Wildman–Crippen LogP) is 3.60. The van der Waals surface area contributed by atoms with Crippen molar-refractivity contribution in [3.05, 3.63) is 33.4 Å². The highest BCUT2D eigenvalue weighted by Gasteiger charge is 2.16. The molecule has 1 unspecified atom stereocenters. The van der Waals surface area contributed by atoms with Gasteiger partial charge in [0.05, 0.1) is 10.7 Å². The quantitative estimate of drug-likeness (QED) is 0.469. The number of benzene rings is 1. The number of halogens is 1. The van der Waals surface area contributed by atoms with Gasteiger partial charge in [0.1, 0.15) is 12.4 Å². The first-order chi connectivity index (χ1) is 8.74. The van der Waals surface area contributed by atoms with Crippen LogP contribution in [0.5, 0.6) is 11.5 Å². The van der Waals surface area contributed by atoms with E-state index in [0.717, 1.165) is 34.9 Å². The highest BCUT2D eigenvalue weighted by Crippen LogP contribution is 2.35. The molecule has 1 aromatic rings. The van der Waals surface area contributed by atoms with Crippen molar-refractivity contribution in [3.63, 3.8) is 0 Å². The second-order valence-corrected chi connectivity index (χ2v) is 5.33. The van der Waals surface area contributed by atoms with Gasteiger partial charge in [0, 0.05) is 5.56 Å². The van der Waals surface area contributed by atoms with Crippen LogP contribution < -0.4 is 9.47 Å². The molecule has 2 rings (SSSR count). The monoisotopic (exact) mass is 358 g/mol. The molecule has 0 heterocycles. The molecule has 0 bridgehead atoms. The number of allylic oxidation sites excluding steroid dienone is 1. The fraction of sp³-hybridized carbons (Fsp3) is 0.357. The number of ether oxygens (including phenoxy) is 2. The Labute approximate surface area is 120 Å². The lowest BCUT2D eigenvalue weighted by Crippen LogP contribution is -2.16. The van der Waals surface area contributed by atoms with Gasteiger partial charge in [0.15, 0.2) is 11.5 Å². The van der Waals surface area contributed by atoms with E-state index in [1.807, 2.05) is 0 Å². The molecular weight excluding hydrogens is 343 g/mol. The molecule has 1 atom stereocenters. The van der Waals surface area contributed by atoms with E-state index >= 15 is 0 Å². The van der Waals surface area contributed by atoms with Gasteiger partial charge in [0.25, 0.3) is 0 Å². The number of carbonyl (C=O) groups excluding carboxylic acids is 1. The van der Waals surface area contributed by atoms with Crippen LogP contribution in [-0.4, -0.2) is 19.5 Å². The lowest BCUT2D eigenvalue weighted by Gasteiger charge is -2.21. The molecule has 4 heteroatoms. The molecule has 0 amide bonds. The van der Waals surface area contributed by atoms with Crippen LogP contribution in [0.1, 0.15) is 29.6 Å². The van der Waals surface area contributed by atoms with Crippen molar-refractivity contribution in [2.45, 2.75) is 25.4 Å². The van der Waals surface area contributed by atoms with Crippen molar-refractivity contribution in [2.24, 2.45) is 0 Å². The summed E-state index contributed by atoms with van der Waals surface area (Å²) in [5.41, 5.74) is 0.600. The predicted molar refractivity (Wildman–Crippen MR) is 78.5 cm³/mol. The molecule has 1 aliphatic carbocycles. The van der Waals surface area contributed by atoms with Crippen LogP contribution in [0.3, 0.4) is 0 Å². The molecule has 0 saturated heterocycles. The van der Waals surface area contributed by atoms with Gasteiger partial charge in [-0.3, -0.25) is 4.79 Å². The highest BCUT2D eigenvalue weighted by molar-refractivity contribution is 14.1. The molecule has 0 aromatic heterocycles. The zero-order chi connectivity index (χ0) is 13.0. The smallest absolute Gasteiger partial charge is 0.175 e. The maximum absolute atomic E-state index is 10.8. The number of rotatable bonds is 4. The molecule has 0 fully saturated rings. The Hall–Kier alpha value is -1.04. The van der Waals surface area contributed by atoms with Crippen molar-refractivity contribution in [1.82, 2.24) is 0 Å². The van der Waals surface area contributed by atoms with E-state index in [2.05, 4.69) is 34.7 Å². The van der Waals surface area contributed by atoms with E-state index in [1.165, 1.54) is 0 Å². The Bertz CT molecular complexity index is 468. The minimum Gasteiger partial charge on any atom is -0.493 e. The van der Waals surface area contributed by atoms with Gasteiger partial charge in [-0.05, 0) is 60.1 Å². The average molecular weight is 358 g/mol. The first-order valence-electron chi connectivity index (χ1n) is 5.90. The molecule has 1 aromatic carbocycles. The molecule has 0 radical (unpaired) electrons. The molecule has 96 valence electrons. The zero-order valence-corrected chi connectivity index (χ0v) is 12.3. The van der Waals surface area contributed by atoms with Crippen molar-refractivity contribution in [1.29, 1.82) is 0 Å². The van der Waals surface area contributed by atoms with Gasteiger partial charge in [0.2, 0.25) is 0 Å². The number of aldehydes is 1. The summed E-state index contributed by atoms with van der Waals surface area (Å²) >= 11 is 2.17. The summed E-state index contributed by atoms with van der Waals surface area (Å²) in [7, 11) is 1.59. The fourth-order valence-corrected chi connectivity index (χ4v) is 2.71. The second-order valence-electron chi connectivity index (χ2n) is 4.17. The van der Waals surface area contributed by atoms with Crippen LogP contribution in [0.15, 0.2) is 24.3 Å². The molecule has 0 spiro atoms. The molecule has 18 heavy (non-hydrogen) atoms. The Morgan fingerprint density at radius 2 is 2.28 bits per heavy atom. The molecule has 1 aliphatic rings. The standard InChI is InChI=1S/C14H15IO3/c1-17-13-8-10(9-16)7-12(15)14(13)18-11-5-3-2-4-6-11/h3,5,7-9,11H,2,4,6H2,1H3. The first-order valence-corrected chi connectivity index (χ1v) is 6.98. The Morgan fingerprint density at radius 1 is 1.44 bits per heavy atom. The van der Waals surface area contributed by atoms with Crippen LogP contribution in [0.2, 0.25) is 0 Å². The molecule has 0 aliphatic heterocycles. The minimum atomic E-state index is 0.100. The summed E-state index contributed by atoms with van der Waals surface area (Å²) in [4.78, 5) is 10.8. The minimum absolute atomic E-state index is 0.100. The van der Waals surface area contributed by atoms with Gasteiger partial charge >= 0.3 is 0 Å². The van der Waals surface area contributed by atoms with Crippen LogP contribution >= 0.6 is 22.6 Å². The van der Waals surface area contributed by atoms with Crippen LogP contribution in [0.4, 0.5) is 0 Å². The maximum Gasteiger partial charge on any atom is 0.175 e. The van der Waals surface area contributed by atoms with Gasteiger partial charge in [-0.15, -0.1) is 0 Å². The molecule has 0 saturated carbocycles. The SMILES string of the molecule is COc1cc(C=O)cc(I)c1OC1C=CCCC1. The summed E-state index contributed by atoms with van der Waals surface area (Å²) < 4.78 is 12.2. The molecular formula is C14H15IO3. The Morgan fingerprint density at radius 3 is 2.89 bits per heavy atom. The lowest BCUT2D eigenvalue weighted by atomic mass is 10.1. The summed E-state index contributed by atoms with van der Waals surface area (Å²) in [6.45, 7) is 0. The van der Waals surface area contributed by atoms with Crippen molar-refractivity contribution in [2.75, 3.05) is 7.11 Å². The number of hydrogen-bond donors (Lipinski definition) is 0. The number of carbonyl (C=O) groups is 1. The van der Waals surface area contributed by atoms with Crippen LogP contribution in [0, 0.1) is 3.57 Å². The summed E-state index contributed by atoms with van der Waals surface area (Å²) in [6, 6.07) is 3.51. The second kappa shape index (κ2) is 6.22. The van der Waals surface area contributed by atoms with Gasteiger partial charge in [-0.1, -0.05) is 6.08 Å². The summed E-state index contributed by atoms with van der Waals surface area (Å²) in [6.07, 6.45) is 8.44. The van der Waals surface area contributed by atoms with Crippen LogP contribution in [-0.2, 0) is 0 Å². The normalized spacial score (nSPS) is 18.4. The van der Waals surface area contributed by atoms with Gasteiger partial charge < -0.3 is 9.47 Å². The van der Waals surface area contributed by atoms with E-state index in [1.54, 1.807) is 19.2 Å². The maximum atomic E-state index is 10.8. The van der Waals surface area contributed by atoms with Crippen LogP contribution in [0.25, 0.3) is 0 Å². The molecule has 3 nitrogen and oxygen atoms in total. The number of hydrogen-bond acceptors (Lipinski definition) is 3. The number of methoxy groups -OCH3 is 1. The molecule has 0 N–H and O–H groups in total. The van der Waals surface area contributed by atoms with Crippen molar-refractivity contribution < 1.29 is 14.3 Å². The summed E-state index contributed by atoms with van der Waals surface area (Å²) in [5.74, 6) is 1.34. The third-order valence-electron chi connectivity index (χ3n) is 2.87. The topological polar surface area (TPSA) is 35.5 Å². The van der Waals surface area contributed by atoms with E-state index in [4.69, 9.17) is 9.47 Å². The zero-order valence-electron chi connectivity index (χ0n) is 10.2. The van der Waals surface area contributed by atoms with E-state index in [0.29, 0.717) is 11.3 Å². The van der Waals surface area contributed by atoms with Gasteiger partial charge in [-0.2, -0.15) is 0 Å². The third kappa shape index (κ3) is 3.04. The van der Waals surface area contributed by atoms with E-state index in [-0.39, 0.29) is 6.10 Å². The van der Waals surface area contributed by atoms with Crippen molar-refractivity contribution in [3.8, 4) is 11.5 Å².